The van der Waals surface area contributed by atoms with Crippen LogP contribution in [0.15, 0.2) is 24.3 Å². The quantitative estimate of drug-likeness (QED) is 0.629. The molecular weight excluding hydrogens is 290 g/mol. The van der Waals surface area contributed by atoms with Crippen molar-refractivity contribution in [1.29, 1.82) is 0 Å². The maximum Gasteiger partial charge on any atom is 0.312 e. The molecule has 1 aliphatic carbocycles. The minimum absolute atomic E-state index is 0.118. The molecule has 1 fully saturated rings. The van der Waals surface area contributed by atoms with Crippen molar-refractivity contribution < 1.29 is 14.3 Å². The summed E-state index contributed by atoms with van der Waals surface area (Å²) in [6.07, 6.45) is 1.39. The van der Waals surface area contributed by atoms with Crippen molar-refractivity contribution in [3.05, 3.63) is 29.8 Å². The molecule has 0 spiro atoms. The Balaban J connectivity index is 2.28. The molecule has 0 saturated heterocycles. The van der Waals surface area contributed by atoms with E-state index in [1.54, 1.807) is 0 Å². The average molecular weight is 317 g/mol. The zero-order valence-electron chi connectivity index (χ0n) is 15.0. The molecule has 1 aromatic rings. The number of hydrogen-bond acceptors (Lipinski definition) is 4. The molecule has 126 valence electrons. The molecule has 0 unspecified atom stereocenters. The first-order valence-corrected chi connectivity index (χ1v) is 8.05. The molecule has 0 heterocycles. The van der Waals surface area contributed by atoms with Gasteiger partial charge in [-0.1, -0.05) is 13.8 Å². The minimum atomic E-state index is -0.619. The molecule has 4 heteroatoms. The topological polar surface area (TPSA) is 46.6 Å². The molecule has 0 N–H and O–H groups in total. The van der Waals surface area contributed by atoms with E-state index in [2.05, 4.69) is 0 Å². The number of benzene rings is 1. The first-order chi connectivity index (χ1) is 10.6. The van der Waals surface area contributed by atoms with Gasteiger partial charge in [-0.3, -0.25) is 9.59 Å². The number of Topliss-reactive ketones (excluding diaryl/α,β-unsaturated/α-hetero) is 1. The Morgan fingerprint density at radius 3 is 2.17 bits per heavy atom. The first-order valence-electron chi connectivity index (χ1n) is 8.05. The lowest BCUT2D eigenvalue weighted by Crippen LogP contribution is -2.43. The van der Waals surface area contributed by atoms with Gasteiger partial charge in [-0.2, -0.15) is 0 Å². The summed E-state index contributed by atoms with van der Waals surface area (Å²) >= 11 is 0. The Morgan fingerprint density at radius 1 is 1.13 bits per heavy atom. The molecule has 2 atom stereocenters. The third-order valence-corrected chi connectivity index (χ3v) is 5.85. The lowest BCUT2D eigenvalue weighted by molar-refractivity contribution is -0.157. The Morgan fingerprint density at radius 2 is 1.70 bits per heavy atom. The molecule has 1 aromatic carbocycles. The van der Waals surface area contributed by atoms with Crippen molar-refractivity contribution >= 4 is 17.4 Å². The SMILES string of the molecule is COC(=O)[C@@]1(C)CC[C@H](C(=O)c2ccc(N(C)C)cc2)C1(C)C. The molecule has 0 amide bonds. The number of carbonyl (C=O) groups excluding carboxylic acids is 2. The number of carbonyl (C=O) groups is 2. The summed E-state index contributed by atoms with van der Waals surface area (Å²) in [6.45, 7) is 5.93. The van der Waals surface area contributed by atoms with Crippen LogP contribution in [0.2, 0.25) is 0 Å². The van der Waals surface area contributed by atoms with Crippen LogP contribution in [0.25, 0.3) is 0 Å². The molecule has 0 radical (unpaired) electrons. The minimum Gasteiger partial charge on any atom is -0.469 e. The van der Waals surface area contributed by atoms with E-state index in [-0.39, 0.29) is 17.7 Å². The van der Waals surface area contributed by atoms with Gasteiger partial charge >= 0.3 is 5.97 Å². The molecule has 0 aliphatic heterocycles. The Hall–Kier alpha value is -1.84. The summed E-state index contributed by atoms with van der Waals surface area (Å²) in [5, 5.41) is 0. The average Bonchev–Trinajstić information content (AvgIpc) is 2.77. The van der Waals surface area contributed by atoms with E-state index in [1.807, 2.05) is 64.0 Å². The number of ether oxygens (including phenoxy) is 1. The highest BCUT2D eigenvalue weighted by Crippen LogP contribution is 2.57. The number of ketones is 1. The van der Waals surface area contributed by atoms with Crippen molar-refractivity contribution in [2.24, 2.45) is 16.7 Å². The summed E-state index contributed by atoms with van der Waals surface area (Å²) in [6, 6.07) is 7.66. The van der Waals surface area contributed by atoms with Gasteiger partial charge in [0.05, 0.1) is 12.5 Å². The van der Waals surface area contributed by atoms with Crippen LogP contribution in [0.5, 0.6) is 0 Å². The molecule has 2 rings (SSSR count). The van der Waals surface area contributed by atoms with Crippen LogP contribution in [-0.4, -0.2) is 33.0 Å². The summed E-state index contributed by atoms with van der Waals surface area (Å²) in [5.74, 6) is -0.273. The molecule has 0 bridgehead atoms. The number of nitrogens with zero attached hydrogens (tertiary/aromatic N) is 1. The van der Waals surface area contributed by atoms with Gasteiger partial charge in [-0.15, -0.1) is 0 Å². The van der Waals surface area contributed by atoms with E-state index in [9.17, 15) is 9.59 Å². The lowest BCUT2D eigenvalue weighted by atomic mass is 9.64. The van der Waals surface area contributed by atoms with Gasteiger partial charge < -0.3 is 9.64 Å². The van der Waals surface area contributed by atoms with E-state index in [4.69, 9.17) is 4.74 Å². The van der Waals surface area contributed by atoms with Crippen LogP contribution in [0.3, 0.4) is 0 Å². The van der Waals surface area contributed by atoms with Crippen molar-refractivity contribution in [3.8, 4) is 0 Å². The third-order valence-electron chi connectivity index (χ3n) is 5.85. The van der Waals surface area contributed by atoms with E-state index < -0.39 is 10.8 Å². The zero-order valence-corrected chi connectivity index (χ0v) is 15.0. The second-order valence-corrected chi connectivity index (χ2v) is 7.44. The van der Waals surface area contributed by atoms with E-state index in [0.717, 1.165) is 5.69 Å². The Labute approximate surface area is 138 Å². The molecule has 1 saturated carbocycles. The van der Waals surface area contributed by atoms with Crippen LogP contribution in [-0.2, 0) is 9.53 Å². The van der Waals surface area contributed by atoms with Crippen molar-refractivity contribution in [3.63, 3.8) is 0 Å². The summed E-state index contributed by atoms with van der Waals surface area (Å²) in [5.41, 5.74) is 0.720. The predicted octanol–water partition coefficient (Wildman–Crippen LogP) is 3.55. The summed E-state index contributed by atoms with van der Waals surface area (Å²) < 4.78 is 4.99. The summed E-state index contributed by atoms with van der Waals surface area (Å²) in [4.78, 5) is 27.2. The highest BCUT2D eigenvalue weighted by Gasteiger charge is 2.58. The van der Waals surface area contributed by atoms with Gasteiger partial charge in [0.15, 0.2) is 5.78 Å². The maximum absolute atomic E-state index is 13.0. The standard InChI is InChI=1S/C19H27NO3/c1-18(2)15(11-12-19(18,3)17(22)23-6)16(21)13-7-9-14(10-8-13)20(4)5/h7-10,15H,11-12H2,1-6H3/t15-,19-/m1/s1. The smallest absolute Gasteiger partial charge is 0.312 e. The lowest BCUT2D eigenvalue weighted by Gasteiger charge is -2.38. The van der Waals surface area contributed by atoms with Crippen LogP contribution < -0.4 is 4.90 Å². The molecule has 4 nitrogen and oxygen atoms in total. The van der Waals surface area contributed by atoms with Crippen LogP contribution >= 0.6 is 0 Å². The van der Waals surface area contributed by atoms with Gasteiger partial charge in [-0.05, 0) is 49.4 Å². The molecule has 1 aliphatic rings. The largest absolute Gasteiger partial charge is 0.469 e. The second kappa shape index (κ2) is 5.99. The van der Waals surface area contributed by atoms with Gasteiger partial charge in [-0.25, -0.2) is 0 Å². The van der Waals surface area contributed by atoms with Gasteiger partial charge in [0.1, 0.15) is 0 Å². The normalized spacial score (nSPS) is 25.9. The Kier molecular flexibility index (Phi) is 4.56. The molecule has 23 heavy (non-hydrogen) atoms. The number of methoxy groups -OCH3 is 1. The van der Waals surface area contributed by atoms with Gasteiger partial charge in [0.2, 0.25) is 0 Å². The van der Waals surface area contributed by atoms with E-state index in [1.165, 1.54) is 7.11 Å². The zero-order chi connectivity index (χ0) is 17.4. The van der Waals surface area contributed by atoms with Gasteiger partial charge in [0, 0.05) is 31.3 Å². The monoisotopic (exact) mass is 317 g/mol. The maximum atomic E-state index is 13.0. The number of hydrogen-bond donors (Lipinski definition) is 0. The Bertz CT molecular complexity index is 604. The van der Waals surface area contributed by atoms with Crippen molar-refractivity contribution in [1.82, 2.24) is 0 Å². The fourth-order valence-electron chi connectivity index (χ4n) is 3.67. The molecular formula is C19H27NO3. The molecule has 0 aromatic heterocycles. The van der Waals surface area contributed by atoms with Gasteiger partial charge in [0.25, 0.3) is 0 Å². The van der Waals surface area contributed by atoms with Crippen LogP contribution in [0, 0.1) is 16.7 Å². The van der Waals surface area contributed by atoms with E-state index in [0.29, 0.717) is 18.4 Å². The van der Waals surface area contributed by atoms with Crippen LogP contribution in [0.4, 0.5) is 5.69 Å². The summed E-state index contributed by atoms with van der Waals surface area (Å²) in [7, 11) is 5.36. The first kappa shape index (κ1) is 17.5. The van der Waals surface area contributed by atoms with E-state index >= 15 is 0 Å². The fourth-order valence-corrected chi connectivity index (χ4v) is 3.67. The van der Waals surface area contributed by atoms with Crippen molar-refractivity contribution in [2.75, 3.05) is 26.1 Å². The van der Waals surface area contributed by atoms with Crippen molar-refractivity contribution in [2.45, 2.75) is 33.6 Å². The number of anilines is 1. The highest BCUT2D eigenvalue weighted by atomic mass is 16.5. The van der Waals surface area contributed by atoms with Crippen LogP contribution in [0.1, 0.15) is 44.0 Å². The fraction of sp³-hybridized carbons (Fsp3) is 0.579. The highest BCUT2D eigenvalue weighted by molar-refractivity contribution is 5.99. The third kappa shape index (κ3) is 2.75. The predicted molar refractivity (Wildman–Crippen MR) is 91.7 cm³/mol. The number of esters is 1. The second-order valence-electron chi connectivity index (χ2n) is 7.44. The number of rotatable bonds is 4.